The zero-order chi connectivity index (χ0) is 16.1. The standard InChI is InChI=1S/C16H24N4OS/c1-5-7-13-14(6-2)22-16(17-13)18-15(21)8-9-20-12(4)10-11(3)19-20/h10H,5-9H2,1-4H3,(H,17,18,21). The SMILES string of the molecule is CCCc1nc(NC(=O)CCn2nc(C)cc2C)sc1CC. The van der Waals surface area contributed by atoms with Crippen LogP contribution in [0.5, 0.6) is 0 Å². The molecule has 0 saturated heterocycles. The number of aryl methyl sites for hydroxylation is 5. The number of amides is 1. The zero-order valence-corrected chi connectivity index (χ0v) is 14.6. The van der Waals surface area contributed by atoms with Crippen molar-refractivity contribution in [2.45, 2.75) is 59.9 Å². The van der Waals surface area contributed by atoms with Crippen molar-refractivity contribution >= 4 is 22.4 Å². The molecule has 0 spiro atoms. The lowest BCUT2D eigenvalue weighted by molar-refractivity contribution is -0.116. The number of carbonyl (C=O) groups is 1. The first-order valence-electron chi connectivity index (χ1n) is 7.83. The largest absolute Gasteiger partial charge is 0.302 e. The van der Waals surface area contributed by atoms with Crippen LogP contribution in [0.15, 0.2) is 6.07 Å². The average Bonchev–Trinajstić information content (AvgIpc) is 2.99. The number of nitrogens with zero attached hydrogens (tertiary/aromatic N) is 3. The number of thiazole rings is 1. The summed E-state index contributed by atoms with van der Waals surface area (Å²) in [6, 6.07) is 2.02. The molecule has 0 aliphatic rings. The van der Waals surface area contributed by atoms with Crippen molar-refractivity contribution in [1.82, 2.24) is 14.8 Å². The lowest BCUT2D eigenvalue weighted by Gasteiger charge is -2.04. The van der Waals surface area contributed by atoms with Crippen molar-refractivity contribution in [2.24, 2.45) is 0 Å². The maximum atomic E-state index is 12.1. The molecule has 5 nitrogen and oxygen atoms in total. The van der Waals surface area contributed by atoms with Gasteiger partial charge in [-0.2, -0.15) is 5.10 Å². The highest BCUT2D eigenvalue weighted by Gasteiger charge is 2.12. The second-order valence-corrected chi connectivity index (χ2v) is 6.52. The minimum absolute atomic E-state index is 0.00740. The highest BCUT2D eigenvalue weighted by Crippen LogP contribution is 2.24. The number of hydrogen-bond acceptors (Lipinski definition) is 4. The summed E-state index contributed by atoms with van der Waals surface area (Å²) in [7, 11) is 0. The van der Waals surface area contributed by atoms with Gasteiger partial charge in [0.25, 0.3) is 0 Å². The molecule has 2 aromatic rings. The van der Waals surface area contributed by atoms with E-state index in [0.29, 0.717) is 13.0 Å². The fourth-order valence-corrected chi connectivity index (χ4v) is 3.40. The van der Waals surface area contributed by atoms with E-state index >= 15 is 0 Å². The Morgan fingerprint density at radius 1 is 1.36 bits per heavy atom. The fraction of sp³-hybridized carbons (Fsp3) is 0.562. The Kier molecular flexibility index (Phi) is 5.71. The van der Waals surface area contributed by atoms with Crippen molar-refractivity contribution in [3.63, 3.8) is 0 Å². The van der Waals surface area contributed by atoms with Gasteiger partial charge in [0, 0.05) is 23.5 Å². The molecular formula is C16H24N4OS. The lowest BCUT2D eigenvalue weighted by atomic mass is 10.2. The van der Waals surface area contributed by atoms with Crippen LogP contribution < -0.4 is 5.32 Å². The first kappa shape index (κ1) is 16.7. The van der Waals surface area contributed by atoms with E-state index in [0.717, 1.165) is 41.5 Å². The van der Waals surface area contributed by atoms with Crippen molar-refractivity contribution in [1.29, 1.82) is 0 Å². The van der Waals surface area contributed by atoms with Gasteiger partial charge in [-0.15, -0.1) is 11.3 Å². The lowest BCUT2D eigenvalue weighted by Crippen LogP contribution is -2.15. The molecule has 120 valence electrons. The average molecular weight is 320 g/mol. The van der Waals surface area contributed by atoms with E-state index < -0.39 is 0 Å². The summed E-state index contributed by atoms with van der Waals surface area (Å²) in [5.74, 6) is -0.00740. The minimum Gasteiger partial charge on any atom is -0.302 e. The Morgan fingerprint density at radius 2 is 2.14 bits per heavy atom. The van der Waals surface area contributed by atoms with Gasteiger partial charge in [-0.3, -0.25) is 9.48 Å². The van der Waals surface area contributed by atoms with Crippen LogP contribution in [-0.2, 0) is 24.2 Å². The Hall–Kier alpha value is -1.69. The molecule has 2 aromatic heterocycles. The third-order valence-electron chi connectivity index (χ3n) is 3.49. The van der Waals surface area contributed by atoms with E-state index in [9.17, 15) is 4.79 Å². The molecule has 0 radical (unpaired) electrons. The summed E-state index contributed by atoms with van der Waals surface area (Å²) in [6.45, 7) is 8.83. The number of aromatic nitrogens is 3. The van der Waals surface area contributed by atoms with E-state index in [1.165, 1.54) is 4.88 Å². The second-order valence-electron chi connectivity index (χ2n) is 5.44. The molecule has 0 unspecified atom stereocenters. The van der Waals surface area contributed by atoms with E-state index in [4.69, 9.17) is 0 Å². The summed E-state index contributed by atoms with van der Waals surface area (Å²) in [4.78, 5) is 17.9. The topological polar surface area (TPSA) is 59.8 Å². The number of rotatable bonds is 7. The highest BCUT2D eigenvalue weighted by atomic mass is 32.1. The molecular weight excluding hydrogens is 296 g/mol. The molecule has 2 heterocycles. The van der Waals surface area contributed by atoms with Crippen molar-refractivity contribution in [3.05, 3.63) is 28.0 Å². The molecule has 2 rings (SSSR count). The van der Waals surface area contributed by atoms with Crippen LogP contribution in [0.25, 0.3) is 0 Å². The van der Waals surface area contributed by atoms with Crippen LogP contribution >= 0.6 is 11.3 Å². The molecule has 0 bridgehead atoms. The first-order chi connectivity index (χ1) is 10.5. The van der Waals surface area contributed by atoms with Gasteiger partial charge in [0.15, 0.2) is 5.13 Å². The van der Waals surface area contributed by atoms with E-state index in [-0.39, 0.29) is 5.91 Å². The van der Waals surface area contributed by atoms with E-state index in [1.807, 2.05) is 24.6 Å². The maximum absolute atomic E-state index is 12.1. The van der Waals surface area contributed by atoms with E-state index in [2.05, 4.69) is 29.2 Å². The molecule has 0 aliphatic carbocycles. The Morgan fingerprint density at radius 3 is 2.73 bits per heavy atom. The fourth-order valence-electron chi connectivity index (χ4n) is 2.44. The van der Waals surface area contributed by atoms with Gasteiger partial charge in [0.2, 0.25) is 5.91 Å². The molecule has 1 N–H and O–H groups in total. The van der Waals surface area contributed by atoms with Crippen LogP contribution in [0, 0.1) is 13.8 Å². The zero-order valence-electron chi connectivity index (χ0n) is 13.8. The molecule has 0 aromatic carbocycles. The molecule has 0 atom stereocenters. The third-order valence-corrected chi connectivity index (χ3v) is 4.64. The Balaban J connectivity index is 1.93. The number of hydrogen-bond donors (Lipinski definition) is 1. The van der Waals surface area contributed by atoms with Crippen LogP contribution in [0.2, 0.25) is 0 Å². The Labute approximate surface area is 135 Å². The molecule has 0 aliphatic heterocycles. The summed E-state index contributed by atoms with van der Waals surface area (Å²) in [5, 5.41) is 8.01. The van der Waals surface area contributed by atoms with Gasteiger partial charge in [0.1, 0.15) is 0 Å². The summed E-state index contributed by atoms with van der Waals surface area (Å²) in [5.41, 5.74) is 3.19. The minimum atomic E-state index is -0.00740. The third kappa shape index (κ3) is 4.16. The van der Waals surface area contributed by atoms with Crippen LogP contribution in [-0.4, -0.2) is 20.7 Å². The van der Waals surface area contributed by atoms with Crippen LogP contribution in [0.1, 0.15) is 48.6 Å². The molecule has 6 heteroatoms. The predicted octanol–water partition coefficient (Wildman–Crippen LogP) is 3.50. The number of carbonyl (C=O) groups excluding carboxylic acids is 1. The monoisotopic (exact) mass is 320 g/mol. The van der Waals surface area contributed by atoms with Gasteiger partial charge in [0.05, 0.1) is 11.4 Å². The van der Waals surface area contributed by atoms with Crippen molar-refractivity contribution in [3.8, 4) is 0 Å². The molecule has 0 saturated carbocycles. The molecule has 22 heavy (non-hydrogen) atoms. The number of nitrogens with one attached hydrogen (secondary N) is 1. The van der Waals surface area contributed by atoms with Gasteiger partial charge in [-0.25, -0.2) is 4.98 Å². The molecule has 1 amide bonds. The summed E-state index contributed by atoms with van der Waals surface area (Å²) in [6.07, 6.45) is 3.42. The highest BCUT2D eigenvalue weighted by molar-refractivity contribution is 7.15. The van der Waals surface area contributed by atoms with Gasteiger partial charge >= 0.3 is 0 Å². The smallest absolute Gasteiger partial charge is 0.228 e. The Bertz CT molecular complexity index is 645. The first-order valence-corrected chi connectivity index (χ1v) is 8.64. The van der Waals surface area contributed by atoms with Gasteiger partial charge < -0.3 is 5.32 Å². The van der Waals surface area contributed by atoms with Crippen molar-refractivity contribution in [2.75, 3.05) is 5.32 Å². The predicted molar refractivity (Wildman–Crippen MR) is 90.4 cm³/mol. The van der Waals surface area contributed by atoms with Crippen LogP contribution in [0.4, 0.5) is 5.13 Å². The maximum Gasteiger partial charge on any atom is 0.228 e. The van der Waals surface area contributed by atoms with Gasteiger partial charge in [-0.1, -0.05) is 20.3 Å². The normalized spacial score (nSPS) is 10.9. The second kappa shape index (κ2) is 7.54. The van der Waals surface area contributed by atoms with Gasteiger partial charge in [-0.05, 0) is 32.8 Å². The quantitative estimate of drug-likeness (QED) is 0.849. The van der Waals surface area contributed by atoms with Crippen molar-refractivity contribution < 1.29 is 4.79 Å². The van der Waals surface area contributed by atoms with E-state index in [1.54, 1.807) is 11.3 Å². The molecule has 0 fully saturated rings. The number of anilines is 1. The summed E-state index contributed by atoms with van der Waals surface area (Å²) >= 11 is 1.59. The van der Waals surface area contributed by atoms with Crippen LogP contribution in [0.3, 0.4) is 0 Å². The summed E-state index contributed by atoms with van der Waals surface area (Å²) < 4.78 is 1.87.